The first-order valence-electron chi connectivity index (χ1n) is 9.56. The van der Waals surface area contributed by atoms with Crippen LogP contribution in [0.5, 0.6) is 0 Å². The van der Waals surface area contributed by atoms with E-state index in [0.29, 0.717) is 18.9 Å². The van der Waals surface area contributed by atoms with Crippen molar-refractivity contribution in [2.45, 2.75) is 51.1 Å². The first-order chi connectivity index (χ1) is 12.2. The van der Waals surface area contributed by atoms with Crippen LogP contribution < -0.4 is 5.32 Å². The molecule has 0 spiro atoms. The quantitative estimate of drug-likeness (QED) is 0.699. The Bertz CT molecular complexity index is 576. The van der Waals surface area contributed by atoms with Crippen LogP contribution in [0.15, 0.2) is 30.3 Å². The van der Waals surface area contributed by atoms with E-state index in [-0.39, 0.29) is 11.8 Å². The largest absolute Gasteiger partial charge is 0.343 e. The summed E-state index contributed by atoms with van der Waals surface area (Å²) in [6.07, 6.45) is 5.21. The monoisotopic (exact) mass is 343 g/mol. The van der Waals surface area contributed by atoms with Crippen molar-refractivity contribution >= 4 is 11.8 Å². The van der Waals surface area contributed by atoms with Gasteiger partial charge in [0.25, 0.3) is 0 Å². The van der Waals surface area contributed by atoms with Crippen molar-refractivity contribution in [3.63, 3.8) is 0 Å². The second kappa shape index (κ2) is 8.99. The number of amides is 2. The van der Waals surface area contributed by atoms with E-state index >= 15 is 0 Å². The minimum absolute atomic E-state index is 0.273. The molecular formula is C20H29N3O2. The zero-order chi connectivity index (χ0) is 17.5. The van der Waals surface area contributed by atoms with Crippen LogP contribution in [0.4, 0.5) is 0 Å². The number of carbonyl (C=O) groups is 2. The molecule has 2 heterocycles. The molecule has 2 aliphatic rings. The van der Waals surface area contributed by atoms with E-state index in [4.69, 9.17) is 0 Å². The highest BCUT2D eigenvalue weighted by molar-refractivity contribution is 5.79. The number of hydrogen-bond donors (Lipinski definition) is 1. The van der Waals surface area contributed by atoms with Gasteiger partial charge in [-0.2, -0.15) is 0 Å². The molecule has 1 aromatic carbocycles. The Morgan fingerprint density at radius 3 is 2.64 bits per heavy atom. The molecular weight excluding hydrogens is 314 g/mol. The molecule has 2 saturated heterocycles. The second-order valence-electron chi connectivity index (χ2n) is 7.07. The summed E-state index contributed by atoms with van der Waals surface area (Å²) in [6.45, 7) is 4.26. The van der Waals surface area contributed by atoms with Crippen LogP contribution in [0.3, 0.4) is 0 Å². The van der Waals surface area contributed by atoms with Gasteiger partial charge in [-0.25, -0.2) is 0 Å². The standard InChI is InChI=1S/C20H29N3O2/c24-19-8-4-13-22(19)14-5-15-23-18(9-10-20(23)25)11-12-21-16-17-6-2-1-3-7-17/h1-3,6-7,18,21H,4-5,8-16H2/t18-/m0/s1. The minimum Gasteiger partial charge on any atom is -0.343 e. The fraction of sp³-hybridized carbons (Fsp3) is 0.600. The topological polar surface area (TPSA) is 52.7 Å². The Labute approximate surface area is 150 Å². The SMILES string of the molecule is O=C1CCCN1CCCN1C(=O)CC[C@H]1CCNCc1ccccc1. The highest BCUT2D eigenvalue weighted by atomic mass is 16.2. The fourth-order valence-electron chi connectivity index (χ4n) is 3.87. The zero-order valence-electron chi connectivity index (χ0n) is 15.0. The van der Waals surface area contributed by atoms with Gasteiger partial charge in [-0.3, -0.25) is 9.59 Å². The van der Waals surface area contributed by atoms with E-state index < -0.39 is 0 Å². The van der Waals surface area contributed by atoms with Gasteiger partial charge in [-0.15, -0.1) is 0 Å². The lowest BCUT2D eigenvalue weighted by Crippen LogP contribution is -2.37. The van der Waals surface area contributed by atoms with Crippen molar-refractivity contribution in [1.29, 1.82) is 0 Å². The Morgan fingerprint density at radius 1 is 1.04 bits per heavy atom. The number of rotatable bonds is 9. The van der Waals surface area contributed by atoms with Gasteiger partial charge in [0.15, 0.2) is 0 Å². The molecule has 0 aliphatic carbocycles. The van der Waals surface area contributed by atoms with E-state index in [1.165, 1.54) is 5.56 Å². The summed E-state index contributed by atoms with van der Waals surface area (Å²) in [5.41, 5.74) is 1.29. The average Bonchev–Trinajstić information content (AvgIpc) is 3.19. The summed E-state index contributed by atoms with van der Waals surface area (Å²) in [7, 11) is 0. The maximum absolute atomic E-state index is 12.2. The predicted octanol–water partition coefficient (Wildman–Crippen LogP) is 2.17. The van der Waals surface area contributed by atoms with Crippen LogP contribution in [0, 0.1) is 0 Å². The zero-order valence-corrected chi connectivity index (χ0v) is 15.0. The van der Waals surface area contributed by atoms with Gasteiger partial charge in [-0.05, 0) is 37.8 Å². The third-order valence-electron chi connectivity index (χ3n) is 5.28. The molecule has 0 saturated carbocycles. The normalized spacial score (nSPS) is 20.7. The van der Waals surface area contributed by atoms with Crippen molar-refractivity contribution in [3.05, 3.63) is 35.9 Å². The van der Waals surface area contributed by atoms with E-state index in [2.05, 4.69) is 29.6 Å². The summed E-state index contributed by atoms with van der Waals surface area (Å²) in [5, 5.41) is 3.48. The average molecular weight is 343 g/mol. The summed E-state index contributed by atoms with van der Waals surface area (Å²) in [5.74, 6) is 0.551. The number of nitrogens with zero attached hydrogens (tertiary/aromatic N) is 2. The van der Waals surface area contributed by atoms with Gasteiger partial charge < -0.3 is 15.1 Å². The van der Waals surface area contributed by atoms with Crippen LogP contribution in [0.2, 0.25) is 0 Å². The summed E-state index contributed by atoms with van der Waals surface area (Å²) < 4.78 is 0. The van der Waals surface area contributed by atoms with Crippen molar-refractivity contribution in [2.24, 2.45) is 0 Å². The Hall–Kier alpha value is -1.88. The summed E-state index contributed by atoms with van der Waals surface area (Å²) in [4.78, 5) is 27.8. The van der Waals surface area contributed by atoms with Crippen molar-refractivity contribution in [1.82, 2.24) is 15.1 Å². The molecule has 0 unspecified atom stereocenters. The second-order valence-corrected chi connectivity index (χ2v) is 7.07. The first kappa shape index (κ1) is 17.9. The molecule has 1 atom stereocenters. The molecule has 2 amide bonds. The molecule has 0 radical (unpaired) electrons. The van der Waals surface area contributed by atoms with E-state index in [0.717, 1.165) is 58.4 Å². The van der Waals surface area contributed by atoms with Crippen LogP contribution in [0.1, 0.15) is 44.1 Å². The highest BCUT2D eigenvalue weighted by Crippen LogP contribution is 2.21. The molecule has 0 bridgehead atoms. The molecule has 25 heavy (non-hydrogen) atoms. The van der Waals surface area contributed by atoms with Gasteiger partial charge in [-0.1, -0.05) is 30.3 Å². The van der Waals surface area contributed by atoms with Gasteiger partial charge in [0.2, 0.25) is 11.8 Å². The first-order valence-corrected chi connectivity index (χ1v) is 9.56. The van der Waals surface area contributed by atoms with Crippen molar-refractivity contribution in [3.8, 4) is 0 Å². The van der Waals surface area contributed by atoms with Gasteiger partial charge >= 0.3 is 0 Å². The predicted molar refractivity (Wildman–Crippen MR) is 97.9 cm³/mol. The molecule has 0 aromatic heterocycles. The van der Waals surface area contributed by atoms with Crippen LogP contribution in [-0.2, 0) is 16.1 Å². The van der Waals surface area contributed by atoms with Crippen molar-refractivity contribution in [2.75, 3.05) is 26.2 Å². The maximum Gasteiger partial charge on any atom is 0.222 e. The van der Waals surface area contributed by atoms with E-state index in [9.17, 15) is 9.59 Å². The smallest absolute Gasteiger partial charge is 0.222 e. The number of hydrogen-bond acceptors (Lipinski definition) is 3. The molecule has 1 aromatic rings. The fourth-order valence-corrected chi connectivity index (χ4v) is 3.87. The molecule has 2 aliphatic heterocycles. The summed E-state index contributed by atoms with van der Waals surface area (Å²) in [6, 6.07) is 10.7. The number of benzene rings is 1. The number of nitrogens with one attached hydrogen (secondary N) is 1. The van der Waals surface area contributed by atoms with E-state index in [1.54, 1.807) is 0 Å². The summed E-state index contributed by atoms with van der Waals surface area (Å²) >= 11 is 0. The number of likely N-dealkylation sites (tertiary alicyclic amines) is 2. The van der Waals surface area contributed by atoms with E-state index in [1.807, 2.05) is 15.9 Å². The van der Waals surface area contributed by atoms with Gasteiger partial charge in [0, 0.05) is 45.1 Å². The lowest BCUT2D eigenvalue weighted by atomic mass is 10.1. The van der Waals surface area contributed by atoms with Gasteiger partial charge in [0.1, 0.15) is 0 Å². The van der Waals surface area contributed by atoms with Gasteiger partial charge in [0.05, 0.1) is 0 Å². The number of carbonyl (C=O) groups excluding carboxylic acids is 2. The third kappa shape index (κ3) is 5.05. The minimum atomic E-state index is 0.273. The highest BCUT2D eigenvalue weighted by Gasteiger charge is 2.30. The third-order valence-corrected chi connectivity index (χ3v) is 5.28. The van der Waals surface area contributed by atoms with Crippen LogP contribution >= 0.6 is 0 Å². The van der Waals surface area contributed by atoms with Crippen molar-refractivity contribution < 1.29 is 9.59 Å². The molecule has 5 nitrogen and oxygen atoms in total. The molecule has 5 heteroatoms. The Kier molecular flexibility index (Phi) is 6.45. The lowest BCUT2D eigenvalue weighted by molar-refractivity contribution is -0.129. The molecule has 136 valence electrons. The molecule has 3 rings (SSSR count). The lowest BCUT2D eigenvalue weighted by Gasteiger charge is -2.26. The molecule has 2 fully saturated rings. The Morgan fingerprint density at radius 2 is 1.88 bits per heavy atom. The van der Waals surface area contributed by atoms with Crippen LogP contribution in [0.25, 0.3) is 0 Å². The molecule has 1 N–H and O–H groups in total. The Balaban J connectivity index is 1.36. The van der Waals surface area contributed by atoms with Crippen LogP contribution in [-0.4, -0.2) is 53.8 Å². The maximum atomic E-state index is 12.2.